The van der Waals surface area contributed by atoms with Gasteiger partial charge in [0.2, 0.25) is 0 Å². The molecule has 3 aromatic heterocycles. The molecule has 0 saturated heterocycles. The molecule has 0 atom stereocenters. The highest BCUT2D eigenvalue weighted by atomic mass is 16.3. The number of hydrogen-bond acceptors (Lipinski definition) is 4. The maximum absolute atomic E-state index is 7.06. The van der Waals surface area contributed by atoms with Gasteiger partial charge in [0, 0.05) is 49.6 Å². The number of furan rings is 3. The fourth-order valence-electron chi connectivity index (χ4n) is 8.75. The van der Waals surface area contributed by atoms with E-state index in [0.29, 0.717) is 0 Å². The van der Waals surface area contributed by atoms with Crippen LogP contribution in [-0.4, -0.2) is 0 Å². The molecule has 0 unspecified atom stereocenters. The minimum atomic E-state index is 0.786. The molecule has 272 valence electrons. The molecule has 12 rings (SSSR count). The standard InChI is InChI=1S/C54H33NO3/c1-3-12-34(13-4-1)36-22-24-38(25-23-36)51-52-44-17-8-10-21-48(44)56-50(52)33-45-42-31-30-40(32-49(42)58-54(45)51)55(39-28-26-37(27-29-39)35-14-5-2-6-15-35)46-19-11-18-43-41-16-7-9-20-47(41)57-53(43)46/h1-33H. The summed E-state index contributed by atoms with van der Waals surface area (Å²) in [6.07, 6.45) is 0. The summed E-state index contributed by atoms with van der Waals surface area (Å²) >= 11 is 0. The molecule has 12 aromatic rings. The minimum absolute atomic E-state index is 0.786. The highest BCUT2D eigenvalue weighted by molar-refractivity contribution is 6.23. The third kappa shape index (κ3) is 5.09. The van der Waals surface area contributed by atoms with Crippen molar-refractivity contribution in [2.75, 3.05) is 4.90 Å². The van der Waals surface area contributed by atoms with Gasteiger partial charge in [-0.3, -0.25) is 0 Å². The van der Waals surface area contributed by atoms with E-state index in [-0.39, 0.29) is 0 Å². The van der Waals surface area contributed by atoms with E-state index in [1.165, 1.54) is 11.1 Å². The van der Waals surface area contributed by atoms with Gasteiger partial charge in [0.25, 0.3) is 0 Å². The zero-order valence-corrected chi connectivity index (χ0v) is 31.2. The van der Waals surface area contributed by atoms with Crippen LogP contribution in [0, 0.1) is 0 Å². The molecule has 3 heterocycles. The number of benzene rings is 9. The lowest BCUT2D eigenvalue weighted by Crippen LogP contribution is -2.10. The van der Waals surface area contributed by atoms with Crippen molar-refractivity contribution in [2.24, 2.45) is 0 Å². The lowest BCUT2D eigenvalue weighted by atomic mass is 9.95. The van der Waals surface area contributed by atoms with Crippen LogP contribution in [0.25, 0.3) is 99.2 Å². The average molecular weight is 744 g/mol. The van der Waals surface area contributed by atoms with Crippen LogP contribution in [0.3, 0.4) is 0 Å². The van der Waals surface area contributed by atoms with Crippen LogP contribution in [0.1, 0.15) is 0 Å². The number of hydrogen-bond donors (Lipinski definition) is 0. The molecular weight excluding hydrogens is 711 g/mol. The third-order valence-corrected chi connectivity index (χ3v) is 11.5. The third-order valence-electron chi connectivity index (χ3n) is 11.5. The van der Waals surface area contributed by atoms with Crippen molar-refractivity contribution in [3.05, 3.63) is 200 Å². The van der Waals surface area contributed by atoms with Crippen molar-refractivity contribution in [1.29, 1.82) is 0 Å². The summed E-state index contributed by atoms with van der Waals surface area (Å²) in [6.45, 7) is 0. The lowest BCUT2D eigenvalue weighted by molar-refractivity contribution is 0.664. The van der Waals surface area contributed by atoms with Gasteiger partial charge in [0.15, 0.2) is 5.58 Å². The second-order valence-corrected chi connectivity index (χ2v) is 14.8. The van der Waals surface area contributed by atoms with Crippen LogP contribution in [0.2, 0.25) is 0 Å². The van der Waals surface area contributed by atoms with Gasteiger partial charge in [-0.1, -0.05) is 146 Å². The van der Waals surface area contributed by atoms with E-state index in [4.69, 9.17) is 13.3 Å². The van der Waals surface area contributed by atoms with Crippen molar-refractivity contribution in [3.63, 3.8) is 0 Å². The minimum Gasteiger partial charge on any atom is -0.456 e. The van der Waals surface area contributed by atoms with Gasteiger partial charge in [-0.15, -0.1) is 0 Å². The number of nitrogens with zero attached hydrogens (tertiary/aromatic N) is 1. The topological polar surface area (TPSA) is 42.7 Å². The van der Waals surface area contributed by atoms with Crippen molar-refractivity contribution in [3.8, 4) is 33.4 Å². The van der Waals surface area contributed by atoms with E-state index in [2.05, 4.69) is 169 Å². The largest absolute Gasteiger partial charge is 0.456 e. The van der Waals surface area contributed by atoms with Gasteiger partial charge in [0.05, 0.1) is 11.4 Å². The van der Waals surface area contributed by atoms with Crippen LogP contribution >= 0.6 is 0 Å². The van der Waals surface area contributed by atoms with E-state index < -0.39 is 0 Å². The highest BCUT2D eigenvalue weighted by Gasteiger charge is 2.24. The van der Waals surface area contributed by atoms with Crippen molar-refractivity contribution in [1.82, 2.24) is 0 Å². The quantitative estimate of drug-likeness (QED) is 0.170. The van der Waals surface area contributed by atoms with Crippen LogP contribution in [-0.2, 0) is 0 Å². The van der Waals surface area contributed by atoms with E-state index in [1.807, 2.05) is 36.4 Å². The predicted octanol–water partition coefficient (Wildman–Crippen LogP) is 15.9. The van der Waals surface area contributed by atoms with Gasteiger partial charge in [0.1, 0.15) is 27.9 Å². The summed E-state index contributed by atoms with van der Waals surface area (Å²) in [6, 6.07) is 70.0. The van der Waals surface area contributed by atoms with E-state index in [1.54, 1.807) is 0 Å². The number of fused-ring (bicyclic) bond motifs is 9. The molecule has 9 aromatic carbocycles. The molecule has 4 nitrogen and oxygen atoms in total. The van der Waals surface area contributed by atoms with Crippen molar-refractivity contribution in [2.45, 2.75) is 0 Å². The summed E-state index contributed by atoms with van der Waals surface area (Å²) in [5, 5.41) is 6.30. The molecule has 58 heavy (non-hydrogen) atoms. The molecule has 0 radical (unpaired) electrons. The second kappa shape index (κ2) is 12.9. The smallest absolute Gasteiger partial charge is 0.159 e. The van der Waals surface area contributed by atoms with E-state index in [9.17, 15) is 0 Å². The first-order chi connectivity index (χ1) is 28.7. The molecule has 0 bridgehead atoms. The zero-order chi connectivity index (χ0) is 38.2. The summed E-state index contributed by atoms with van der Waals surface area (Å²) in [4.78, 5) is 2.27. The maximum atomic E-state index is 7.06. The first-order valence-corrected chi connectivity index (χ1v) is 19.6. The summed E-state index contributed by atoms with van der Waals surface area (Å²) < 4.78 is 20.3. The second-order valence-electron chi connectivity index (χ2n) is 14.8. The molecule has 0 spiro atoms. The average Bonchev–Trinajstić information content (AvgIpc) is 3.98. The molecule has 4 heteroatoms. The zero-order valence-electron chi connectivity index (χ0n) is 31.2. The first kappa shape index (κ1) is 32.4. The van der Waals surface area contributed by atoms with Gasteiger partial charge in [-0.25, -0.2) is 0 Å². The monoisotopic (exact) mass is 743 g/mol. The Morgan fingerprint density at radius 1 is 0.293 bits per heavy atom. The summed E-state index contributed by atoms with van der Waals surface area (Å²) in [5.74, 6) is 0. The van der Waals surface area contributed by atoms with Crippen LogP contribution < -0.4 is 4.90 Å². The van der Waals surface area contributed by atoms with E-state index >= 15 is 0 Å². The van der Waals surface area contributed by atoms with Gasteiger partial charge in [-0.05, 0) is 76.3 Å². The molecule has 0 saturated carbocycles. The van der Waals surface area contributed by atoms with Crippen molar-refractivity contribution < 1.29 is 13.3 Å². The number of para-hydroxylation sites is 3. The molecule has 0 aliphatic heterocycles. The fourth-order valence-corrected chi connectivity index (χ4v) is 8.75. The van der Waals surface area contributed by atoms with Gasteiger partial charge in [-0.2, -0.15) is 0 Å². The predicted molar refractivity (Wildman–Crippen MR) is 239 cm³/mol. The highest BCUT2D eigenvalue weighted by Crippen LogP contribution is 2.48. The normalized spacial score (nSPS) is 11.8. The SMILES string of the molecule is c1ccc(-c2ccc(-c3c4oc5cc(N(c6ccc(-c7ccccc7)cc6)c6cccc7c6oc6ccccc67)ccc5c4cc4oc5ccccc5c34)cc2)cc1. The Morgan fingerprint density at radius 2 is 0.828 bits per heavy atom. The van der Waals surface area contributed by atoms with Crippen LogP contribution in [0.4, 0.5) is 17.1 Å². The molecule has 0 amide bonds. The summed E-state index contributed by atoms with van der Waals surface area (Å²) in [7, 11) is 0. The molecule has 0 aliphatic carbocycles. The Balaban J connectivity index is 1.08. The Kier molecular flexibility index (Phi) is 7.20. The van der Waals surface area contributed by atoms with E-state index in [0.717, 1.165) is 105 Å². The Hall–Kier alpha value is -7.82. The number of anilines is 3. The fraction of sp³-hybridized carbons (Fsp3) is 0. The Bertz CT molecular complexity index is 3480. The van der Waals surface area contributed by atoms with Crippen LogP contribution in [0.15, 0.2) is 213 Å². The van der Waals surface area contributed by atoms with Crippen molar-refractivity contribution >= 4 is 82.9 Å². The maximum Gasteiger partial charge on any atom is 0.159 e. The first-order valence-electron chi connectivity index (χ1n) is 19.6. The van der Waals surface area contributed by atoms with Crippen LogP contribution in [0.5, 0.6) is 0 Å². The van der Waals surface area contributed by atoms with Gasteiger partial charge >= 0.3 is 0 Å². The van der Waals surface area contributed by atoms with Gasteiger partial charge < -0.3 is 18.2 Å². The number of rotatable bonds is 6. The molecule has 0 N–H and O–H groups in total. The molecule has 0 aliphatic rings. The Morgan fingerprint density at radius 3 is 1.55 bits per heavy atom. The lowest BCUT2D eigenvalue weighted by Gasteiger charge is -2.25. The Labute approximate surface area is 333 Å². The summed E-state index contributed by atoms with van der Waals surface area (Å²) in [5.41, 5.74) is 14.7. The molecule has 0 fully saturated rings. The molecular formula is C54H33NO3.